The fraction of sp³-hybridized carbons (Fsp3) is 0.500. The van der Waals surface area contributed by atoms with Gasteiger partial charge in [-0.15, -0.1) is 0 Å². The predicted molar refractivity (Wildman–Crippen MR) is 79.7 cm³/mol. The number of hydrogen-bond donors (Lipinski definition) is 2. The van der Waals surface area contributed by atoms with Crippen molar-refractivity contribution in [3.63, 3.8) is 0 Å². The number of carbonyl (C=O) groups is 2. The van der Waals surface area contributed by atoms with E-state index in [9.17, 15) is 18.4 Å². The lowest BCUT2D eigenvalue weighted by atomic mass is 10.1. The molecule has 2 N–H and O–H groups in total. The summed E-state index contributed by atoms with van der Waals surface area (Å²) in [7, 11) is 0. The van der Waals surface area contributed by atoms with E-state index in [0.29, 0.717) is 5.56 Å². The normalized spacial score (nSPS) is 15.1. The molecule has 2 rings (SSSR count). The second-order valence-corrected chi connectivity index (χ2v) is 5.75. The van der Waals surface area contributed by atoms with E-state index in [2.05, 4.69) is 5.32 Å². The molecule has 0 aromatic heterocycles. The minimum atomic E-state index is -1.12. The second kappa shape index (κ2) is 8.01. The smallest absolute Gasteiger partial charge is 0.322 e. The van der Waals surface area contributed by atoms with Crippen molar-refractivity contribution in [3.8, 4) is 0 Å². The van der Waals surface area contributed by atoms with Crippen molar-refractivity contribution in [1.29, 1.82) is 0 Å². The molecule has 0 bridgehead atoms. The molecule has 1 saturated carbocycles. The van der Waals surface area contributed by atoms with Gasteiger partial charge in [0.25, 0.3) is 0 Å². The largest absolute Gasteiger partial charge is 0.480 e. The number of amides is 1. The summed E-state index contributed by atoms with van der Waals surface area (Å²) in [5, 5.41) is 10.9. The van der Waals surface area contributed by atoms with Gasteiger partial charge in [-0.2, -0.15) is 0 Å². The molecule has 1 fully saturated rings. The Kier molecular flexibility index (Phi) is 6.04. The zero-order valence-electron chi connectivity index (χ0n) is 12.7. The first-order valence-corrected chi connectivity index (χ1v) is 7.62. The molecule has 0 atom stereocenters. The molecule has 0 spiro atoms. The molecule has 0 unspecified atom stereocenters. The number of benzene rings is 1. The number of nitrogens with zero attached hydrogens (tertiary/aromatic N) is 1. The zero-order chi connectivity index (χ0) is 16.8. The summed E-state index contributed by atoms with van der Waals surface area (Å²) in [5.74, 6) is -2.81. The molecule has 1 aromatic carbocycles. The molecule has 1 aliphatic rings. The van der Waals surface area contributed by atoms with E-state index in [0.717, 1.165) is 31.7 Å². The van der Waals surface area contributed by atoms with Crippen LogP contribution in [0.3, 0.4) is 0 Å². The molecule has 1 aliphatic carbocycles. The van der Waals surface area contributed by atoms with Crippen LogP contribution in [0.15, 0.2) is 18.2 Å². The van der Waals surface area contributed by atoms with E-state index in [1.807, 2.05) is 4.90 Å². The van der Waals surface area contributed by atoms with E-state index in [1.165, 1.54) is 12.1 Å². The van der Waals surface area contributed by atoms with Gasteiger partial charge >= 0.3 is 5.97 Å². The summed E-state index contributed by atoms with van der Waals surface area (Å²) >= 11 is 0. The minimum absolute atomic E-state index is 0.00520. The summed E-state index contributed by atoms with van der Waals surface area (Å²) in [6, 6.07) is 3.54. The van der Waals surface area contributed by atoms with Gasteiger partial charge in [-0.1, -0.05) is 18.9 Å². The third kappa shape index (κ3) is 5.28. The maximum absolute atomic E-state index is 13.8. The minimum Gasteiger partial charge on any atom is -0.480 e. The second-order valence-electron chi connectivity index (χ2n) is 5.75. The number of carbonyl (C=O) groups excluding carboxylic acids is 1. The Labute approximate surface area is 133 Å². The van der Waals surface area contributed by atoms with Crippen LogP contribution in [0.4, 0.5) is 8.78 Å². The molecule has 0 heterocycles. The van der Waals surface area contributed by atoms with Gasteiger partial charge in [0.15, 0.2) is 0 Å². The van der Waals surface area contributed by atoms with Crippen LogP contribution in [0.25, 0.3) is 0 Å². The Morgan fingerprint density at radius 2 is 1.96 bits per heavy atom. The topological polar surface area (TPSA) is 69.6 Å². The molecule has 1 aromatic rings. The van der Waals surface area contributed by atoms with Crippen LogP contribution >= 0.6 is 0 Å². The number of carboxylic acids is 1. The van der Waals surface area contributed by atoms with Gasteiger partial charge in [-0.3, -0.25) is 14.5 Å². The number of hydrogen-bond acceptors (Lipinski definition) is 3. The fourth-order valence-corrected chi connectivity index (χ4v) is 2.87. The monoisotopic (exact) mass is 326 g/mol. The lowest BCUT2D eigenvalue weighted by Crippen LogP contribution is -2.43. The van der Waals surface area contributed by atoms with E-state index in [1.54, 1.807) is 0 Å². The molecule has 23 heavy (non-hydrogen) atoms. The summed E-state index contributed by atoms with van der Waals surface area (Å²) < 4.78 is 26.8. The van der Waals surface area contributed by atoms with Crippen LogP contribution in [0.2, 0.25) is 0 Å². The van der Waals surface area contributed by atoms with Gasteiger partial charge < -0.3 is 10.4 Å². The molecule has 126 valence electrons. The molecular formula is C16H20F2N2O3. The van der Waals surface area contributed by atoms with Crippen LogP contribution in [0.5, 0.6) is 0 Å². The quantitative estimate of drug-likeness (QED) is 0.803. The van der Waals surface area contributed by atoms with E-state index >= 15 is 0 Å². The standard InChI is InChI=1S/C16H20F2N2O3/c17-12-6-5-11(14(18)7-12)9-20(13-3-1-2-4-13)10-15(21)19-8-16(22)23/h5-7,13H,1-4,8-10H2,(H,19,21)(H,22,23). The zero-order valence-corrected chi connectivity index (χ0v) is 12.7. The molecule has 0 aliphatic heterocycles. The molecule has 1 amide bonds. The van der Waals surface area contributed by atoms with E-state index in [4.69, 9.17) is 5.11 Å². The van der Waals surface area contributed by atoms with Gasteiger partial charge in [-0.05, 0) is 18.9 Å². The van der Waals surface area contributed by atoms with Gasteiger partial charge in [0, 0.05) is 24.2 Å². The van der Waals surface area contributed by atoms with Gasteiger partial charge in [0.2, 0.25) is 5.91 Å². The summed E-state index contributed by atoms with van der Waals surface area (Å²) in [4.78, 5) is 24.2. The van der Waals surface area contributed by atoms with Crippen molar-refractivity contribution < 1.29 is 23.5 Å². The SMILES string of the molecule is O=C(O)CNC(=O)CN(Cc1ccc(F)cc1F)C1CCCC1. The lowest BCUT2D eigenvalue weighted by molar-refractivity contribution is -0.138. The highest BCUT2D eigenvalue weighted by molar-refractivity contribution is 5.82. The van der Waals surface area contributed by atoms with E-state index in [-0.39, 0.29) is 19.1 Å². The third-order valence-electron chi connectivity index (χ3n) is 4.01. The molecule has 5 nitrogen and oxygen atoms in total. The molecule has 0 radical (unpaired) electrons. The first-order valence-electron chi connectivity index (χ1n) is 7.62. The van der Waals surface area contributed by atoms with Crippen LogP contribution in [0.1, 0.15) is 31.2 Å². The average Bonchev–Trinajstić information content (AvgIpc) is 3.01. The van der Waals surface area contributed by atoms with Crippen molar-refractivity contribution in [3.05, 3.63) is 35.4 Å². The van der Waals surface area contributed by atoms with Crippen molar-refractivity contribution in [1.82, 2.24) is 10.2 Å². The Morgan fingerprint density at radius 1 is 1.26 bits per heavy atom. The fourth-order valence-electron chi connectivity index (χ4n) is 2.87. The van der Waals surface area contributed by atoms with Gasteiger partial charge in [0.1, 0.15) is 18.2 Å². The maximum Gasteiger partial charge on any atom is 0.322 e. The summed E-state index contributed by atoms with van der Waals surface area (Å²) in [5.41, 5.74) is 0.323. The van der Waals surface area contributed by atoms with Crippen molar-refractivity contribution in [2.75, 3.05) is 13.1 Å². The van der Waals surface area contributed by atoms with Gasteiger partial charge in [-0.25, -0.2) is 8.78 Å². The maximum atomic E-state index is 13.8. The number of rotatable bonds is 7. The average molecular weight is 326 g/mol. The molecular weight excluding hydrogens is 306 g/mol. The number of nitrogens with one attached hydrogen (secondary N) is 1. The highest BCUT2D eigenvalue weighted by Gasteiger charge is 2.25. The lowest BCUT2D eigenvalue weighted by Gasteiger charge is -2.28. The van der Waals surface area contributed by atoms with E-state index < -0.39 is 30.1 Å². The Bertz CT molecular complexity index is 574. The third-order valence-corrected chi connectivity index (χ3v) is 4.01. The number of aliphatic carboxylic acids is 1. The molecule has 0 saturated heterocycles. The van der Waals surface area contributed by atoms with Crippen molar-refractivity contribution in [2.24, 2.45) is 0 Å². The van der Waals surface area contributed by atoms with Gasteiger partial charge in [0.05, 0.1) is 6.54 Å². The van der Waals surface area contributed by atoms with Crippen LogP contribution < -0.4 is 5.32 Å². The Morgan fingerprint density at radius 3 is 2.57 bits per heavy atom. The Balaban J connectivity index is 2.04. The highest BCUT2D eigenvalue weighted by atomic mass is 19.1. The highest BCUT2D eigenvalue weighted by Crippen LogP contribution is 2.25. The van der Waals surface area contributed by atoms with Crippen molar-refractivity contribution in [2.45, 2.75) is 38.3 Å². The molecule has 7 heteroatoms. The summed E-state index contributed by atoms with van der Waals surface area (Å²) in [6.07, 6.45) is 3.91. The number of halogens is 2. The first-order chi connectivity index (χ1) is 11.0. The van der Waals surface area contributed by atoms with Crippen molar-refractivity contribution >= 4 is 11.9 Å². The summed E-state index contributed by atoms with van der Waals surface area (Å²) in [6.45, 7) is -0.256. The Hall–Kier alpha value is -2.02. The predicted octanol–water partition coefficient (Wildman–Crippen LogP) is 1.91. The van der Waals surface area contributed by atoms with Crippen LogP contribution in [0, 0.1) is 11.6 Å². The number of carboxylic acid groups (broad SMARTS) is 1. The van der Waals surface area contributed by atoms with Crippen LogP contribution in [-0.2, 0) is 16.1 Å². The van der Waals surface area contributed by atoms with Crippen LogP contribution in [-0.4, -0.2) is 41.0 Å². The first kappa shape index (κ1) is 17.3.